The van der Waals surface area contributed by atoms with E-state index >= 15 is 0 Å². The molecule has 1 aromatic carbocycles. The molecule has 5 rings (SSSR count). The lowest BCUT2D eigenvalue weighted by atomic mass is 9.47. The van der Waals surface area contributed by atoms with Gasteiger partial charge < -0.3 is 35.0 Å². The van der Waals surface area contributed by atoms with Crippen molar-refractivity contribution in [2.45, 2.75) is 61.4 Å². The summed E-state index contributed by atoms with van der Waals surface area (Å²) in [5.41, 5.74) is -0.345. The van der Waals surface area contributed by atoms with Gasteiger partial charge in [-0.25, -0.2) is 9.59 Å². The van der Waals surface area contributed by atoms with E-state index in [1.54, 1.807) is 6.07 Å². The summed E-state index contributed by atoms with van der Waals surface area (Å²) in [6.07, 6.45) is -0.940. The van der Waals surface area contributed by atoms with Crippen LogP contribution in [0.1, 0.15) is 36.8 Å². The number of aliphatic carboxylic acids is 1. The van der Waals surface area contributed by atoms with E-state index in [1.807, 2.05) is 6.07 Å². The molecule has 0 saturated heterocycles. The Morgan fingerprint density at radius 3 is 2.73 bits per heavy atom. The Bertz CT molecular complexity index is 985. The van der Waals surface area contributed by atoms with E-state index < -0.39 is 41.3 Å². The van der Waals surface area contributed by atoms with Gasteiger partial charge in [0.2, 0.25) is 0 Å². The van der Waals surface area contributed by atoms with Gasteiger partial charge in [-0.1, -0.05) is 12.5 Å². The van der Waals surface area contributed by atoms with Gasteiger partial charge in [0, 0.05) is 5.56 Å². The molecule has 1 fully saturated rings. The van der Waals surface area contributed by atoms with Crippen molar-refractivity contribution in [2.75, 3.05) is 0 Å². The van der Waals surface area contributed by atoms with Gasteiger partial charge in [-0.05, 0) is 49.3 Å². The molecule has 5 N–H and O–H groups in total. The van der Waals surface area contributed by atoms with Crippen LogP contribution in [-0.4, -0.2) is 61.4 Å². The topological polar surface area (TPSA) is 154 Å². The predicted molar refractivity (Wildman–Crippen MR) is 98.6 cm³/mol. The normalized spacial score (nSPS) is 34.8. The fourth-order valence-corrected chi connectivity index (χ4v) is 5.97. The Kier molecular flexibility index (Phi) is 3.99. The fraction of sp³-hybridized carbons (Fsp3) is 0.524. The number of carboxylic acids is 1. The van der Waals surface area contributed by atoms with Crippen molar-refractivity contribution in [1.29, 1.82) is 0 Å². The lowest BCUT2D eigenvalue weighted by molar-refractivity contribution is -0.173. The number of benzene rings is 1. The monoisotopic (exact) mass is 418 g/mol. The second-order valence-electron chi connectivity index (χ2n) is 8.59. The van der Waals surface area contributed by atoms with Crippen molar-refractivity contribution < 1.29 is 44.6 Å². The number of carbonyl (C=O) groups excluding carboxylic acids is 1. The summed E-state index contributed by atoms with van der Waals surface area (Å²) in [6.45, 7) is 0. The second-order valence-corrected chi connectivity index (χ2v) is 8.59. The van der Waals surface area contributed by atoms with E-state index in [4.69, 9.17) is 14.6 Å². The molecule has 1 aromatic rings. The highest BCUT2D eigenvalue weighted by Gasteiger charge is 2.70. The molecule has 0 radical (unpaired) electrons. The van der Waals surface area contributed by atoms with Gasteiger partial charge in [0.1, 0.15) is 5.76 Å². The van der Waals surface area contributed by atoms with Gasteiger partial charge >= 0.3 is 11.9 Å². The number of ether oxygens (including phenoxy) is 2. The molecule has 1 spiro atoms. The van der Waals surface area contributed by atoms with Gasteiger partial charge in [-0.2, -0.15) is 0 Å². The van der Waals surface area contributed by atoms with Crippen LogP contribution >= 0.6 is 0 Å². The maximum atomic E-state index is 12.3. The van der Waals surface area contributed by atoms with Gasteiger partial charge in [0.15, 0.2) is 29.8 Å². The lowest BCUT2D eigenvalue weighted by Gasteiger charge is -2.59. The minimum absolute atomic E-state index is 0.0201. The first-order valence-corrected chi connectivity index (χ1v) is 9.96. The third-order valence-electron chi connectivity index (χ3n) is 7.28. The molecule has 1 heterocycles. The maximum Gasteiger partial charge on any atom is 0.343 e. The highest BCUT2D eigenvalue weighted by atomic mass is 16.6. The number of hydrogen-bond donors (Lipinski definition) is 5. The van der Waals surface area contributed by atoms with E-state index in [1.165, 1.54) is 6.08 Å². The van der Waals surface area contributed by atoms with E-state index in [0.29, 0.717) is 12.8 Å². The Labute approximate surface area is 171 Å². The Morgan fingerprint density at radius 2 is 2.00 bits per heavy atom. The molecule has 1 saturated carbocycles. The third kappa shape index (κ3) is 2.22. The van der Waals surface area contributed by atoms with Crippen molar-refractivity contribution in [2.24, 2.45) is 5.92 Å². The molecule has 2 bridgehead atoms. The minimum Gasteiger partial charge on any atom is -0.504 e. The molecule has 9 nitrogen and oxygen atoms in total. The zero-order valence-electron chi connectivity index (χ0n) is 15.9. The molecular formula is C21H22O9. The number of aliphatic hydroxyl groups is 3. The van der Waals surface area contributed by atoms with E-state index in [2.05, 4.69) is 0 Å². The van der Waals surface area contributed by atoms with Gasteiger partial charge in [0.25, 0.3) is 0 Å². The van der Waals surface area contributed by atoms with Crippen LogP contribution in [0.15, 0.2) is 24.0 Å². The lowest BCUT2D eigenvalue weighted by Crippen LogP contribution is -2.67. The Hall–Kier alpha value is -2.62. The van der Waals surface area contributed by atoms with Crippen LogP contribution in [-0.2, 0) is 26.2 Å². The largest absolute Gasteiger partial charge is 0.504 e. The summed E-state index contributed by atoms with van der Waals surface area (Å²) in [5, 5.41) is 50.3. The molecule has 160 valence electrons. The summed E-state index contributed by atoms with van der Waals surface area (Å²) < 4.78 is 11.3. The zero-order valence-corrected chi connectivity index (χ0v) is 15.9. The molecule has 30 heavy (non-hydrogen) atoms. The number of aromatic hydroxyl groups is 1. The molecule has 1 aliphatic heterocycles. The second kappa shape index (κ2) is 6.19. The number of carboxylic acid groups (broad SMARTS) is 1. The summed E-state index contributed by atoms with van der Waals surface area (Å²) in [5.74, 6) is -2.89. The Balaban J connectivity index is 1.57. The molecule has 6 atom stereocenters. The quantitative estimate of drug-likeness (QED) is 0.429. The zero-order chi connectivity index (χ0) is 21.4. The Morgan fingerprint density at radius 1 is 1.23 bits per heavy atom. The van der Waals surface area contributed by atoms with E-state index in [-0.39, 0.29) is 29.6 Å². The summed E-state index contributed by atoms with van der Waals surface area (Å²) in [6, 6.07) is 3.38. The highest BCUT2D eigenvalue weighted by molar-refractivity contribution is 5.84. The van der Waals surface area contributed by atoms with E-state index in [9.17, 15) is 30.0 Å². The van der Waals surface area contributed by atoms with Gasteiger partial charge in [-0.3, -0.25) is 0 Å². The number of carbonyl (C=O) groups is 2. The average Bonchev–Trinajstić information content (AvgIpc) is 3.05. The number of phenols is 1. The number of rotatable bonds is 4. The molecule has 0 aromatic heterocycles. The van der Waals surface area contributed by atoms with Gasteiger partial charge in [-0.15, -0.1) is 0 Å². The van der Waals surface area contributed by atoms with Crippen LogP contribution < -0.4 is 4.74 Å². The van der Waals surface area contributed by atoms with Crippen molar-refractivity contribution in [1.82, 2.24) is 0 Å². The fourth-order valence-electron chi connectivity index (χ4n) is 5.97. The van der Waals surface area contributed by atoms with Crippen LogP contribution in [0.25, 0.3) is 0 Å². The molecule has 0 amide bonds. The average molecular weight is 418 g/mol. The van der Waals surface area contributed by atoms with E-state index in [0.717, 1.165) is 24.0 Å². The van der Waals surface area contributed by atoms with Crippen LogP contribution in [0.3, 0.4) is 0 Å². The van der Waals surface area contributed by atoms with Crippen LogP contribution in [0.4, 0.5) is 0 Å². The van der Waals surface area contributed by atoms with Crippen molar-refractivity contribution in [3.05, 3.63) is 35.1 Å². The standard InChI is InChI=1S/C21H22O9/c22-11-4-3-9-8-10-2-1-6-20-13(9)16(11)30-17(20)12(5-7-21(10,20)28)29-19(27)15(24)14(23)18(25)26/h3-5,10,14-15,17,22-24,28H,1-2,6-8H2,(H,25,26)/t10-,14-,15-,17+,20+,21-/m1/s1. The number of esters is 1. The molecule has 9 heteroatoms. The maximum absolute atomic E-state index is 12.3. The van der Waals surface area contributed by atoms with Crippen LogP contribution in [0, 0.1) is 5.92 Å². The first-order chi connectivity index (χ1) is 14.2. The minimum atomic E-state index is -2.33. The van der Waals surface area contributed by atoms with Crippen molar-refractivity contribution in [3.8, 4) is 11.5 Å². The first-order valence-electron chi connectivity index (χ1n) is 9.96. The molecule has 4 aliphatic rings. The van der Waals surface area contributed by atoms with Crippen LogP contribution in [0.5, 0.6) is 11.5 Å². The molecule has 0 unspecified atom stereocenters. The molecule has 3 aliphatic carbocycles. The number of hydrogen-bond acceptors (Lipinski definition) is 8. The summed E-state index contributed by atoms with van der Waals surface area (Å²) in [7, 11) is 0. The van der Waals surface area contributed by atoms with Crippen LogP contribution in [0.2, 0.25) is 0 Å². The number of aliphatic hydroxyl groups excluding tert-OH is 2. The third-order valence-corrected chi connectivity index (χ3v) is 7.28. The van der Waals surface area contributed by atoms with Crippen molar-refractivity contribution in [3.63, 3.8) is 0 Å². The summed E-state index contributed by atoms with van der Waals surface area (Å²) >= 11 is 0. The number of phenolic OH excluding ortho intramolecular Hbond substituents is 1. The predicted octanol–water partition coefficient (Wildman–Crippen LogP) is 0.115. The molecular weight excluding hydrogens is 396 g/mol. The smallest absolute Gasteiger partial charge is 0.343 e. The SMILES string of the molecule is O=C(O)[C@H](O)[C@@H](O)C(=O)OC1=CC[C@@]2(O)[C@@H]3CCC[C@@]24c2c(ccc(O)c2O[C@@H]14)C3. The summed E-state index contributed by atoms with van der Waals surface area (Å²) in [4.78, 5) is 23.2. The first kappa shape index (κ1) is 19.3. The van der Waals surface area contributed by atoms with Gasteiger partial charge in [0.05, 0.1) is 11.0 Å². The highest BCUT2D eigenvalue weighted by Crippen LogP contribution is 2.67. The van der Waals surface area contributed by atoms with Crippen molar-refractivity contribution >= 4 is 11.9 Å².